The number of rotatable bonds is 10. The molecule has 34 heavy (non-hydrogen) atoms. The molecule has 0 spiro atoms. The number of ether oxygens (including phenoxy) is 2. The highest BCUT2D eigenvalue weighted by Crippen LogP contribution is 2.22. The van der Waals surface area contributed by atoms with Gasteiger partial charge in [-0.05, 0) is 43.2 Å². The first-order valence-electron chi connectivity index (χ1n) is 10.4. The fourth-order valence-corrected chi connectivity index (χ4v) is 3.96. The van der Waals surface area contributed by atoms with Crippen molar-refractivity contribution in [2.24, 2.45) is 0 Å². The highest BCUT2D eigenvalue weighted by atomic mass is 32.1. The summed E-state index contributed by atoms with van der Waals surface area (Å²) in [5.74, 6) is -1.96. The van der Waals surface area contributed by atoms with Crippen LogP contribution in [0.15, 0.2) is 53.9 Å². The van der Waals surface area contributed by atoms with Crippen LogP contribution in [0.25, 0.3) is 0 Å². The zero-order chi connectivity index (χ0) is 24.5. The summed E-state index contributed by atoms with van der Waals surface area (Å²) in [6, 6.07) is 15.7. The van der Waals surface area contributed by atoms with Crippen LogP contribution in [0.1, 0.15) is 39.0 Å². The Kier molecular flexibility index (Phi) is 8.48. The minimum Gasteiger partial charge on any atom is -0.497 e. The predicted octanol–water partition coefficient (Wildman–Crippen LogP) is 4.06. The van der Waals surface area contributed by atoms with Crippen molar-refractivity contribution in [3.8, 4) is 11.8 Å². The molecule has 1 heterocycles. The van der Waals surface area contributed by atoms with Crippen LogP contribution in [0.2, 0.25) is 0 Å². The third-order valence-electron chi connectivity index (χ3n) is 4.90. The van der Waals surface area contributed by atoms with E-state index in [-0.39, 0.29) is 23.6 Å². The van der Waals surface area contributed by atoms with Crippen LogP contribution >= 0.6 is 11.3 Å². The third kappa shape index (κ3) is 6.49. The molecule has 0 saturated carbocycles. The lowest BCUT2D eigenvalue weighted by molar-refractivity contribution is -0.122. The monoisotopic (exact) mass is 477 g/mol. The summed E-state index contributed by atoms with van der Waals surface area (Å²) in [6.07, 6.45) is 0.730. The van der Waals surface area contributed by atoms with Crippen LogP contribution in [0.5, 0.6) is 5.75 Å². The second kappa shape index (κ2) is 11.7. The van der Waals surface area contributed by atoms with Gasteiger partial charge in [-0.2, -0.15) is 5.26 Å². The van der Waals surface area contributed by atoms with E-state index >= 15 is 0 Å². The minimum absolute atomic E-state index is 0.117. The topological polar surface area (TPSA) is 118 Å². The molecule has 174 valence electrons. The van der Waals surface area contributed by atoms with Crippen molar-refractivity contribution in [1.29, 1.82) is 5.26 Å². The van der Waals surface area contributed by atoms with E-state index in [1.807, 2.05) is 30.3 Å². The van der Waals surface area contributed by atoms with Crippen LogP contribution in [-0.4, -0.2) is 36.4 Å². The van der Waals surface area contributed by atoms with Crippen LogP contribution in [0, 0.1) is 18.3 Å². The van der Waals surface area contributed by atoms with E-state index in [0.717, 1.165) is 11.3 Å². The number of methoxy groups -OCH3 is 1. The van der Waals surface area contributed by atoms with Crippen LogP contribution in [0.4, 0.5) is 5.69 Å². The molecule has 1 N–H and O–H groups in total. The molecule has 0 aliphatic carbocycles. The van der Waals surface area contributed by atoms with Crippen molar-refractivity contribution in [2.75, 3.05) is 19.0 Å². The molecule has 3 rings (SSSR count). The number of amides is 1. The van der Waals surface area contributed by atoms with Crippen LogP contribution in [-0.2, 0) is 20.7 Å². The van der Waals surface area contributed by atoms with Gasteiger partial charge in [0.1, 0.15) is 10.8 Å². The van der Waals surface area contributed by atoms with Gasteiger partial charge in [-0.1, -0.05) is 24.3 Å². The van der Waals surface area contributed by atoms with Gasteiger partial charge in [0.15, 0.2) is 18.3 Å². The minimum atomic E-state index is -1.10. The van der Waals surface area contributed by atoms with Crippen molar-refractivity contribution >= 4 is 34.7 Å². The van der Waals surface area contributed by atoms with E-state index in [1.165, 1.54) is 17.4 Å². The van der Waals surface area contributed by atoms with E-state index in [4.69, 9.17) is 9.47 Å². The highest BCUT2D eigenvalue weighted by molar-refractivity contribution is 7.09. The number of hydrogen-bond acceptors (Lipinski definition) is 8. The van der Waals surface area contributed by atoms with Gasteiger partial charge in [-0.25, -0.2) is 9.78 Å². The number of carbonyl (C=O) groups is 3. The quantitative estimate of drug-likeness (QED) is 0.437. The number of Topliss-reactive ketones (excluding diaryl/α,β-unsaturated/α-hetero) is 1. The molecule has 1 atom stereocenters. The summed E-state index contributed by atoms with van der Waals surface area (Å²) < 4.78 is 10.3. The molecule has 1 unspecified atom stereocenters. The Balaban J connectivity index is 1.58. The summed E-state index contributed by atoms with van der Waals surface area (Å²) in [6.45, 7) is 1.19. The summed E-state index contributed by atoms with van der Waals surface area (Å²) in [5.41, 5.74) is 2.09. The molecule has 8 nitrogen and oxygen atoms in total. The number of para-hydroxylation sites is 1. The highest BCUT2D eigenvalue weighted by Gasteiger charge is 2.25. The van der Waals surface area contributed by atoms with Gasteiger partial charge >= 0.3 is 5.97 Å². The van der Waals surface area contributed by atoms with Crippen LogP contribution in [0.3, 0.4) is 0 Å². The SMILES string of the molecule is COc1ccc(CCC(=O)Nc2ccccc2C(=O)OCC(=O)C(C#N)c2nc(C)cs2)cc1. The van der Waals surface area contributed by atoms with E-state index < -0.39 is 24.3 Å². The molecule has 9 heteroatoms. The lowest BCUT2D eigenvalue weighted by atomic mass is 10.1. The molecule has 1 aromatic heterocycles. The van der Waals surface area contributed by atoms with Gasteiger partial charge in [0, 0.05) is 17.5 Å². The number of anilines is 1. The maximum absolute atomic E-state index is 12.6. The van der Waals surface area contributed by atoms with Crippen molar-refractivity contribution in [1.82, 2.24) is 4.98 Å². The molecule has 0 bridgehead atoms. The molecular weight excluding hydrogens is 454 g/mol. The van der Waals surface area contributed by atoms with Crippen molar-refractivity contribution in [2.45, 2.75) is 25.7 Å². The molecule has 0 aliphatic heterocycles. The Bertz CT molecular complexity index is 1210. The summed E-state index contributed by atoms with van der Waals surface area (Å²) in [5, 5.41) is 14.2. The number of benzene rings is 2. The number of nitrogens with one attached hydrogen (secondary N) is 1. The molecule has 0 saturated heterocycles. The molecule has 0 radical (unpaired) electrons. The number of aromatic nitrogens is 1. The largest absolute Gasteiger partial charge is 0.497 e. The number of hydrogen-bond donors (Lipinski definition) is 1. The van der Waals surface area contributed by atoms with E-state index in [0.29, 0.717) is 17.1 Å². The van der Waals surface area contributed by atoms with E-state index in [2.05, 4.69) is 10.3 Å². The summed E-state index contributed by atoms with van der Waals surface area (Å²) in [7, 11) is 1.59. The number of thiazole rings is 1. The second-order valence-electron chi connectivity index (χ2n) is 7.37. The molecule has 0 aliphatic rings. The number of esters is 1. The maximum atomic E-state index is 12.6. The first kappa shape index (κ1) is 24.6. The predicted molar refractivity (Wildman–Crippen MR) is 127 cm³/mol. The Morgan fingerprint density at radius 2 is 1.88 bits per heavy atom. The normalized spacial score (nSPS) is 11.2. The zero-order valence-corrected chi connectivity index (χ0v) is 19.6. The maximum Gasteiger partial charge on any atom is 0.340 e. The van der Waals surface area contributed by atoms with Crippen molar-refractivity contribution in [3.05, 3.63) is 75.7 Å². The van der Waals surface area contributed by atoms with Gasteiger partial charge in [0.05, 0.1) is 24.4 Å². The van der Waals surface area contributed by atoms with Gasteiger partial charge in [0.25, 0.3) is 0 Å². The Morgan fingerprint density at radius 3 is 2.53 bits per heavy atom. The number of nitrogens with zero attached hydrogens (tertiary/aromatic N) is 2. The Hall–Kier alpha value is -4.03. The molecule has 1 amide bonds. The number of ketones is 1. The summed E-state index contributed by atoms with van der Waals surface area (Å²) in [4.78, 5) is 41.7. The first-order valence-corrected chi connectivity index (χ1v) is 11.3. The van der Waals surface area contributed by atoms with Gasteiger partial charge in [0.2, 0.25) is 5.91 Å². The first-order chi connectivity index (χ1) is 16.4. The summed E-state index contributed by atoms with van der Waals surface area (Å²) >= 11 is 1.21. The van der Waals surface area contributed by atoms with Gasteiger partial charge in [-0.3, -0.25) is 9.59 Å². The number of aryl methyl sites for hydroxylation is 2. The molecule has 0 fully saturated rings. The Labute approximate surface area is 201 Å². The van der Waals surface area contributed by atoms with Crippen LogP contribution < -0.4 is 10.1 Å². The smallest absolute Gasteiger partial charge is 0.340 e. The average molecular weight is 478 g/mol. The number of nitriles is 1. The lowest BCUT2D eigenvalue weighted by Crippen LogP contribution is -2.21. The molecule has 2 aromatic carbocycles. The lowest BCUT2D eigenvalue weighted by Gasteiger charge is -2.11. The van der Waals surface area contributed by atoms with Crippen molar-refractivity contribution < 1.29 is 23.9 Å². The molecular formula is C25H23N3O5S. The standard InChI is InChI=1S/C25H23N3O5S/c1-16-15-34-24(27-16)20(13-26)22(29)14-33-25(31)19-5-3-4-6-21(19)28-23(30)12-9-17-7-10-18(32-2)11-8-17/h3-8,10-11,15,20H,9,12,14H2,1-2H3,(H,28,30). The molecule has 3 aromatic rings. The van der Waals surface area contributed by atoms with Crippen molar-refractivity contribution in [3.63, 3.8) is 0 Å². The fraction of sp³-hybridized carbons (Fsp3) is 0.240. The average Bonchev–Trinajstić information content (AvgIpc) is 3.28. The van der Waals surface area contributed by atoms with Gasteiger partial charge in [-0.15, -0.1) is 11.3 Å². The Morgan fingerprint density at radius 1 is 1.15 bits per heavy atom. The number of carbonyl (C=O) groups excluding carboxylic acids is 3. The van der Waals surface area contributed by atoms with E-state index in [1.54, 1.807) is 37.6 Å². The third-order valence-corrected chi connectivity index (χ3v) is 5.93. The fourth-order valence-electron chi connectivity index (χ4n) is 3.10. The van der Waals surface area contributed by atoms with E-state index in [9.17, 15) is 19.6 Å². The second-order valence-corrected chi connectivity index (χ2v) is 8.26. The van der Waals surface area contributed by atoms with Gasteiger partial charge < -0.3 is 14.8 Å². The zero-order valence-electron chi connectivity index (χ0n) is 18.7.